The van der Waals surface area contributed by atoms with Crippen molar-refractivity contribution in [2.75, 3.05) is 0 Å². The zero-order chi connectivity index (χ0) is 10.7. The topological polar surface area (TPSA) is 26.0 Å². The smallest absolute Gasteiger partial charge is 0.0280 e. The summed E-state index contributed by atoms with van der Waals surface area (Å²) in [6.45, 7) is 2.80. The number of nitrogens with two attached hydrogens (primary N) is 1. The van der Waals surface area contributed by atoms with E-state index < -0.39 is 0 Å². The van der Waals surface area contributed by atoms with E-state index in [4.69, 9.17) is 5.73 Å². The van der Waals surface area contributed by atoms with Crippen molar-refractivity contribution in [1.29, 1.82) is 0 Å². The molecule has 0 fully saturated rings. The Balaban J connectivity index is 2.37. The molecular formula is C13H15NS. The third kappa shape index (κ3) is 2.11. The van der Waals surface area contributed by atoms with E-state index in [2.05, 4.69) is 42.6 Å². The average molecular weight is 217 g/mol. The molecule has 0 saturated heterocycles. The van der Waals surface area contributed by atoms with Crippen molar-refractivity contribution < 1.29 is 0 Å². The molecule has 1 aromatic carbocycles. The van der Waals surface area contributed by atoms with Crippen molar-refractivity contribution in [1.82, 2.24) is 0 Å². The van der Waals surface area contributed by atoms with Gasteiger partial charge in [0, 0.05) is 11.4 Å². The van der Waals surface area contributed by atoms with Crippen LogP contribution in [0.5, 0.6) is 0 Å². The molecular weight excluding hydrogens is 202 g/mol. The summed E-state index contributed by atoms with van der Waals surface area (Å²) in [7, 11) is 0. The third-order valence-electron chi connectivity index (χ3n) is 2.60. The van der Waals surface area contributed by atoms with E-state index in [1.54, 1.807) is 11.3 Å². The lowest BCUT2D eigenvalue weighted by Crippen LogP contribution is -1.94. The van der Waals surface area contributed by atoms with Crippen LogP contribution in [-0.4, -0.2) is 0 Å². The molecule has 2 heteroatoms. The fourth-order valence-electron chi connectivity index (χ4n) is 1.68. The Labute approximate surface area is 94.6 Å². The number of rotatable bonds is 3. The highest BCUT2D eigenvalue weighted by molar-refractivity contribution is 7.10. The van der Waals surface area contributed by atoms with E-state index in [1.165, 1.54) is 21.6 Å². The predicted molar refractivity (Wildman–Crippen MR) is 67.0 cm³/mol. The summed E-state index contributed by atoms with van der Waals surface area (Å²) in [6.07, 6.45) is 1.09. The van der Waals surface area contributed by atoms with Gasteiger partial charge in [0.2, 0.25) is 0 Å². The molecule has 0 saturated carbocycles. The average Bonchev–Trinajstić information content (AvgIpc) is 2.77. The number of benzene rings is 1. The van der Waals surface area contributed by atoms with Gasteiger partial charge in [-0.1, -0.05) is 31.2 Å². The van der Waals surface area contributed by atoms with Crippen LogP contribution in [0.3, 0.4) is 0 Å². The molecule has 0 bridgehead atoms. The Morgan fingerprint density at radius 1 is 1.13 bits per heavy atom. The van der Waals surface area contributed by atoms with Crippen LogP contribution in [0, 0.1) is 0 Å². The summed E-state index contributed by atoms with van der Waals surface area (Å²) in [5.74, 6) is 0. The lowest BCUT2D eigenvalue weighted by atomic mass is 10.0. The third-order valence-corrected chi connectivity index (χ3v) is 3.55. The fourth-order valence-corrected chi connectivity index (χ4v) is 2.45. The first kappa shape index (κ1) is 10.4. The van der Waals surface area contributed by atoms with E-state index in [1.807, 2.05) is 0 Å². The number of thiophene rings is 1. The number of hydrogen-bond acceptors (Lipinski definition) is 2. The van der Waals surface area contributed by atoms with Gasteiger partial charge in [-0.15, -0.1) is 11.3 Å². The van der Waals surface area contributed by atoms with Crippen molar-refractivity contribution in [3.8, 4) is 11.1 Å². The first-order valence-corrected chi connectivity index (χ1v) is 6.09. The van der Waals surface area contributed by atoms with Crippen molar-refractivity contribution >= 4 is 11.3 Å². The van der Waals surface area contributed by atoms with Gasteiger partial charge in [-0.05, 0) is 34.6 Å². The second-order valence-corrected chi connectivity index (χ2v) is 4.51. The molecule has 0 radical (unpaired) electrons. The van der Waals surface area contributed by atoms with Gasteiger partial charge >= 0.3 is 0 Å². The summed E-state index contributed by atoms with van der Waals surface area (Å²) in [5.41, 5.74) is 9.63. The standard InChI is InChI=1S/C13H15NS/c1-2-10-3-5-11(6-4-10)12-7-8-15-13(12)9-14/h3-8H,2,9,14H2,1H3. The minimum atomic E-state index is 0.628. The Hall–Kier alpha value is -1.12. The van der Waals surface area contributed by atoms with E-state index >= 15 is 0 Å². The number of aryl methyl sites for hydroxylation is 1. The molecule has 2 rings (SSSR count). The molecule has 0 aliphatic carbocycles. The van der Waals surface area contributed by atoms with Crippen molar-refractivity contribution in [2.45, 2.75) is 19.9 Å². The van der Waals surface area contributed by atoms with Gasteiger partial charge in [0.1, 0.15) is 0 Å². The Morgan fingerprint density at radius 2 is 1.87 bits per heavy atom. The highest BCUT2D eigenvalue weighted by atomic mass is 32.1. The summed E-state index contributed by atoms with van der Waals surface area (Å²) in [6, 6.07) is 10.9. The van der Waals surface area contributed by atoms with E-state index in [0.29, 0.717) is 6.54 Å². The second kappa shape index (κ2) is 4.60. The lowest BCUT2D eigenvalue weighted by molar-refractivity contribution is 1.11. The van der Waals surface area contributed by atoms with Crippen LogP contribution in [0.2, 0.25) is 0 Å². The van der Waals surface area contributed by atoms with Crippen LogP contribution in [0.25, 0.3) is 11.1 Å². The summed E-state index contributed by atoms with van der Waals surface area (Å²) in [4.78, 5) is 1.26. The Kier molecular flexibility index (Phi) is 3.19. The van der Waals surface area contributed by atoms with E-state index in [-0.39, 0.29) is 0 Å². The first-order chi connectivity index (χ1) is 7.35. The van der Waals surface area contributed by atoms with Gasteiger partial charge in [0.05, 0.1) is 0 Å². The molecule has 0 amide bonds. The zero-order valence-corrected chi connectivity index (χ0v) is 9.68. The Morgan fingerprint density at radius 3 is 2.47 bits per heavy atom. The van der Waals surface area contributed by atoms with Crippen molar-refractivity contribution in [3.05, 3.63) is 46.2 Å². The second-order valence-electron chi connectivity index (χ2n) is 3.51. The highest BCUT2D eigenvalue weighted by Crippen LogP contribution is 2.28. The molecule has 1 aromatic heterocycles. The van der Waals surface area contributed by atoms with Crippen molar-refractivity contribution in [3.63, 3.8) is 0 Å². The van der Waals surface area contributed by atoms with Crippen molar-refractivity contribution in [2.24, 2.45) is 5.73 Å². The molecule has 0 unspecified atom stereocenters. The molecule has 0 aliphatic heterocycles. The summed E-state index contributed by atoms with van der Waals surface area (Å²) < 4.78 is 0. The molecule has 2 N–H and O–H groups in total. The van der Waals surface area contributed by atoms with Crippen LogP contribution in [0.15, 0.2) is 35.7 Å². The van der Waals surface area contributed by atoms with Crippen LogP contribution in [0.4, 0.5) is 0 Å². The van der Waals surface area contributed by atoms with Gasteiger partial charge in [-0.2, -0.15) is 0 Å². The zero-order valence-electron chi connectivity index (χ0n) is 8.86. The maximum atomic E-state index is 5.70. The van der Waals surface area contributed by atoms with Crippen LogP contribution < -0.4 is 5.73 Å². The molecule has 0 aliphatic rings. The molecule has 78 valence electrons. The Bertz CT molecular complexity index is 428. The van der Waals surface area contributed by atoms with Crippen LogP contribution >= 0.6 is 11.3 Å². The van der Waals surface area contributed by atoms with Gasteiger partial charge < -0.3 is 5.73 Å². The SMILES string of the molecule is CCc1ccc(-c2ccsc2CN)cc1. The largest absolute Gasteiger partial charge is 0.326 e. The van der Waals surface area contributed by atoms with Gasteiger partial charge in [-0.3, -0.25) is 0 Å². The minimum Gasteiger partial charge on any atom is -0.326 e. The summed E-state index contributed by atoms with van der Waals surface area (Å²) >= 11 is 1.73. The van der Waals surface area contributed by atoms with E-state index in [0.717, 1.165) is 6.42 Å². The van der Waals surface area contributed by atoms with Gasteiger partial charge in [0.25, 0.3) is 0 Å². The molecule has 15 heavy (non-hydrogen) atoms. The molecule has 2 aromatic rings. The fraction of sp³-hybridized carbons (Fsp3) is 0.231. The number of hydrogen-bond donors (Lipinski definition) is 1. The predicted octanol–water partition coefficient (Wildman–Crippen LogP) is 3.44. The monoisotopic (exact) mass is 217 g/mol. The van der Waals surface area contributed by atoms with Crippen LogP contribution in [-0.2, 0) is 13.0 Å². The molecule has 1 nitrogen and oxygen atoms in total. The highest BCUT2D eigenvalue weighted by Gasteiger charge is 2.04. The molecule has 0 atom stereocenters. The minimum absolute atomic E-state index is 0.628. The first-order valence-electron chi connectivity index (χ1n) is 5.21. The normalized spacial score (nSPS) is 10.5. The lowest BCUT2D eigenvalue weighted by Gasteiger charge is -2.03. The van der Waals surface area contributed by atoms with E-state index in [9.17, 15) is 0 Å². The maximum absolute atomic E-state index is 5.70. The maximum Gasteiger partial charge on any atom is 0.0280 e. The van der Waals surface area contributed by atoms with Gasteiger partial charge in [0.15, 0.2) is 0 Å². The van der Waals surface area contributed by atoms with Gasteiger partial charge in [-0.25, -0.2) is 0 Å². The molecule has 1 heterocycles. The quantitative estimate of drug-likeness (QED) is 0.837. The molecule has 0 spiro atoms. The summed E-state index contributed by atoms with van der Waals surface area (Å²) in [5, 5.41) is 2.10. The van der Waals surface area contributed by atoms with Crippen LogP contribution in [0.1, 0.15) is 17.4 Å².